The number of cyclic esters (lactones) is 2. The highest BCUT2D eigenvalue weighted by Gasteiger charge is 2.32. The number of hydrogen-bond acceptors (Lipinski definition) is 7. The topological polar surface area (TPSA) is 125 Å². The summed E-state index contributed by atoms with van der Waals surface area (Å²) < 4.78 is 9.25. The molecule has 1 aromatic rings. The van der Waals surface area contributed by atoms with Crippen LogP contribution in [0.1, 0.15) is 18.4 Å². The third-order valence-electron chi connectivity index (χ3n) is 2.95. The Balaban J connectivity index is 1.74. The first kappa shape index (κ1) is 15.4. The SMILES string of the molecule is O=C(CCC1NC(=O)OC1=O)OCc1ccc([N+](=O)[O-])cc1. The van der Waals surface area contributed by atoms with E-state index in [-0.39, 0.29) is 25.1 Å². The lowest BCUT2D eigenvalue weighted by molar-refractivity contribution is -0.384. The van der Waals surface area contributed by atoms with Crippen LogP contribution in [0.25, 0.3) is 0 Å². The molecular formula is C13H12N2O7. The highest BCUT2D eigenvalue weighted by Crippen LogP contribution is 2.13. The van der Waals surface area contributed by atoms with Crippen molar-refractivity contribution < 1.29 is 28.8 Å². The van der Waals surface area contributed by atoms with Crippen molar-refractivity contribution in [3.05, 3.63) is 39.9 Å². The fraction of sp³-hybridized carbons (Fsp3) is 0.308. The molecule has 0 bridgehead atoms. The fourth-order valence-electron chi connectivity index (χ4n) is 1.80. The summed E-state index contributed by atoms with van der Waals surface area (Å²) in [5, 5.41) is 12.8. The molecule has 1 aliphatic rings. The number of amides is 1. The summed E-state index contributed by atoms with van der Waals surface area (Å²) >= 11 is 0. The van der Waals surface area contributed by atoms with E-state index in [0.717, 1.165) is 0 Å². The number of nitrogens with zero attached hydrogens (tertiary/aromatic N) is 1. The number of rotatable bonds is 6. The van der Waals surface area contributed by atoms with Crippen LogP contribution in [-0.4, -0.2) is 29.0 Å². The summed E-state index contributed by atoms with van der Waals surface area (Å²) in [5.41, 5.74) is 0.554. The number of nitro groups is 1. The van der Waals surface area contributed by atoms with Gasteiger partial charge in [0.2, 0.25) is 0 Å². The van der Waals surface area contributed by atoms with Crippen molar-refractivity contribution in [2.45, 2.75) is 25.5 Å². The first-order chi connectivity index (χ1) is 10.5. The molecule has 1 amide bonds. The van der Waals surface area contributed by atoms with Gasteiger partial charge < -0.3 is 14.8 Å². The fourth-order valence-corrected chi connectivity index (χ4v) is 1.80. The van der Waals surface area contributed by atoms with E-state index in [9.17, 15) is 24.5 Å². The number of nitrogens with one attached hydrogen (secondary N) is 1. The average molecular weight is 308 g/mol. The first-order valence-corrected chi connectivity index (χ1v) is 6.37. The van der Waals surface area contributed by atoms with E-state index in [1.165, 1.54) is 24.3 Å². The van der Waals surface area contributed by atoms with Crippen molar-refractivity contribution >= 4 is 23.7 Å². The number of carbonyl (C=O) groups excluding carboxylic acids is 3. The minimum Gasteiger partial charge on any atom is -0.461 e. The first-order valence-electron chi connectivity index (χ1n) is 6.37. The van der Waals surface area contributed by atoms with E-state index in [1.807, 2.05) is 0 Å². The number of esters is 2. The van der Waals surface area contributed by atoms with Gasteiger partial charge in [0.1, 0.15) is 12.6 Å². The van der Waals surface area contributed by atoms with Gasteiger partial charge in [0.05, 0.1) is 4.92 Å². The van der Waals surface area contributed by atoms with Gasteiger partial charge in [-0.15, -0.1) is 0 Å². The second-order valence-corrected chi connectivity index (χ2v) is 4.53. The monoisotopic (exact) mass is 308 g/mol. The van der Waals surface area contributed by atoms with Crippen LogP contribution in [0.5, 0.6) is 0 Å². The molecule has 1 saturated heterocycles. The van der Waals surface area contributed by atoms with Gasteiger partial charge in [-0.3, -0.25) is 14.9 Å². The van der Waals surface area contributed by atoms with Crippen LogP contribution in [0, 0.1) is 10.1 Å². The Hall–Kier alpha value is -2.97. The molecular weight excluding hydrogens is 296 g/mol. The Kier molecular flexibility index (Phi) is 4.66. The number of ether oxygens (including phenoxy) is 2. The summed E-state index contributed by atoms with van der Waals surface area (Å²) in [6.45, 7) is -0.0295. The van der Waals surface area contributed by atoms with Crippen molar-refractivity contribution in [2.24, 2.45) is 0 Å². The molecule has 116 valence electrons. The summed E-state index contributed by atoms with van der Waals surface area (Å²) in [5.74, 6) is -1.26. The molecule has 0 spiro atoms. The van der Waals surface area contributed by atoms with Gasteiger partial charge in [0, 0.05) is 18.6 Å². The predicted molar refractivity (Wildman–Crippen MR) is 70.5 cm³/mol. The molecule has 22 heavy (non-hydrogen) atoms. The minimum absolute atomic E-state index is 0.0295. The van der Waals surface area contributed by atoms with Gasteiger partial charge in [-0.1, -0.05) is 0 Å². The quantitative estimate of drug-likeness (QED) is 0.360. The number of benzene rings is 1. The standard InChI is InChI=1S/C13H12N2O7/c16-11(6-5-10-12(17)22-13(18)14-10)21-7-8-1-3-9(4-2-8)15(19)20/h1-4,10H,5-7H2,(H,14,18). The number of non-ortho nitro benzene ring substituents is 1. The lowest BCUT2D eigenvalue weighted by Crippen LogP contribution is -2.29. The molecule has 0 aliphatic carbocycles. The predicted octanol–water partition coefficient (Wildman–Crippen LogP) is 1.05. The zero-order valence-corrected chi connectivity index (χ0v) is 11.3. The maximum Gasteiger partial charge on any atom is 0.415 e. The molecule has 1 unspecified atom stereocenters. The minimum atomic E-state index is -0.834. The highest BCUT2D eigenvalue weighted by molar-refractivity contribution is 5.95. The molecule has 1 N–H and O–H groups in total. The molecule has 1 aliphatic heterocycles. The molecule has 0 aromatic heterocycles. The highest BCUT2D eigenvalue weighted by atomic mass is 16.6. The number of nitro benzene ring substituents is 1. The summed E-state index contributed by atoms with van der Waals surface area (Å²) in [4.78, 5) is 43.4. The average Bonchev–Trinajstić information content (AvgIpc) is 2.81. The zero-order chi connectivity index (χ0) is 16.1. The molecule has 1 aromatic carbocycles. The maximum atomic E-state index is 11.5. The Morgan fingerprint density at radius 2 is 2.00 bits per heavy atom. The smallest absolute Gasteiger partial charge is 0.415 e. The summed E-state index contributed by atoms with van der Waals surface area (Å²) in [7, 11) is 0. The van der Waals surface area contributed by atoms with Crippen LogP contribution in [0.2, 0.25) is 0 Å². The van der Waals surface area contributed by atoms with Crippen molar-refractivity contribution in [3.63, 3.8) is 0 Å². The molecule has 9 nitrogen and oxygen atoms in total. The third kappa shape index (κ3) is 4.01. The van der Waals surface area contributed by atoms with Crippen LogP contribution >= 0.6 is 0 Å². The molecule has 0 radical (unpaired) electrons. The largest absolute Gasteiger partial charge is 0.461 e. The van der Waals surface area contributed by atoms with E-state index < -0.39 is 29.0 Å². The van der Waals surface area contributed by atoms with Crippen LogP contribution in [0.4, 0.5) is 10.5 Å². The Labute approximate surface area is 124 Å². The van der Waals surface area contributed by atoms with Gasteiger partial charge >= 0.3 is 18.0 Å². The molecule has 1 heterocycles. The van der Waals surface area contributed by atoms with Crippen molar-refractivity contribution in [3.8, 4) is 0 Å². The van der Waals surface area contributed by atoms with Crippen LogP contribution < -0.4 is 5.32 Å². The van der Waals surface area contributed by atoms with Gasteiger partial charge in [-0.2, -0.15) is 0 Å². The zero-order valence-electron chi connectivity index (χ0n) is 11.3. The van der Waals surface area contributed by atoms with E-state index >= 15 is 0 Å². The number of alkyl carbamates (subject to hydrolysis) is 1. The molecule has 9 heteroatoms. The van der Waals surface area contributed by atoms with Crippen LogP contribution in [0.3, 0.4) is 0 Å². The van der Waals surface area contributed by atoms with E-state index in [2.05, 4.69) is 10.1 Å². The Morgan fingerprint density at radius 3 is 2.55 bits per heavy atom. The Bertz CT molecular complexity index is 611. The lowest BCUT2D eigenvalue weighted by atomic mass is 10.1. The van der Waals surface area contributed by atoms with Crippen molar-refractivity contribution in [2.75, 3.05) is 0 Å². The number of hydrogen-bond donors (Lipinski definition) is 1. The second-order valence-electron chi connectivity index (χ2n) is 4.53. The molecule has 0 saturated carbocycles. The van der Waals surface area contributed by atoms with Gasteiger partial charge in [-0.25, -0.2) is 9.59 Å². The third-order valence-corrected chi connectivity index (χ3v) is 2.95. The van der Waals surface area contributed by atoms with Crippen molar-refractivity contribution in [1.82, 2.24) is 5.32 Å². The normalized spacial score (nSPS) is 16.8. The van der Waals surface area contributed by atoms with Gasteiger partial charge in [-0.05, 0) is 24.1 Å². The molecule has 1 atom stereocenters. The van der Waals surface area contributed by atoms with Crippen LogP contribution in [0.15, 0.2) is 24.3 Å². The van der Waals surface area contributed by atoms with Gasteiger partial charge in [0.15, 0.2) is 0 Å². The Morgan fingerprint density at radius 1 is 1.32 bits per heavy atom. The maximum absolute atomic E-state index is 11.5. The lowest BCUT2D eigenvalue weighted by Gasteiger charge is -2.06. The van der Waals surface area contributed by atoms with E-state index in [4.69, 9.17) is 4.74 Å². The number of carbonyl (C=O) groups is 3. The second kappa shape index (κ2) is 6.66. The molecule has 1 fully saturated rings. The van der Waals surface area contributed by atoms with E-state index in [1.54, 1.807) is 0 Å². The van der Waals surface area contributed by atoms with Crippen LogP contribution in [-0.2, 0) is 25.7 Å². The van der Waals surface area contributed by atoms with E-state index in [0.29, 0.717) is 5.56 Å². The summed E-state index contributed by atoms with van der Waals surface area (Å²) in [6.07, 6.45) is -0.800. The van der Waals surface area contributed by atoms with Crippen molar-refractivity contribution in [1.29, 1.82) is 0 Å². The molecule has 2 rings (SSSR count). The van der Waals surface area contributed by atoms with Gasteiger partial charge in [0.25, 0.3) is 5.69 Å². The summed E-state index contributed by atoms with van der Waals surface area (Å²) in [6, 6.07) is 4.76.